The van der Waals surface area contributed by atoms with Crippen molar-refractivity contribution in [3.63, 3.8) is 0 Å². The lowest BCUT2D eigenvalue weighted by atomic mass is 9.87. The molecule has 1 fully saturated rings. The van der Waals surface area contributed by atoms with Gasteiger partial charge in [-0.25, -0.2) is 0 Å². The van der Waals surface area contributed by atoms with E-state index in [0.717, 1.165) is 34.3 Å². The highest BCUT2D eigenvalue weighted by molar-refractivity contribution is 5.68. The Balaban J connectivity index is 1.49. The molecule has 0 aromatic heterocycles. The molecule has 1 saturated carbocycles. The molecule has 0 bridgehead atoms. The zero-order chi connectivity index (χ0) is 22.2. The van der Waals surface area contributed by atoms with Crippen molar-refractivity contribution in [3.05, 3.63) is 113 Å². The van der Waals surface area contributed by atoms with Crippen molar-refractivity contribution in [2.24, 2.45) is 5.41 Å². The number of benzene rings is 3. The largest absolute Gasteiger partial charge is 0.389 e. The van der Waals surface area contributed by atoms with E-state index in [0.29, 0.717) is 32.8 Å². The van der Waals surface area contributed by atoms with Crippen LogP contribution in [-0.2, 0) is 22.7 Å². The van der Waals surface area contributed by atoms with Gasteiger partial charge in [0.05, 0.1) is 32.5 Å². The Morgan fingerprint density at radius 2 is 1.25 bits per heavy atom. The molecule has 0 amide bonds. The summed E-state index contributed by atoms with van der Waals surface area (Å²) in [6.07, 6.45) is 0.949. The van der Waals surface area contributed by atoms with Crippen molar-refractivity contribution in [2.75, 3.05) is 13.2 Å². The molecule has 1 aliphatic carbocycles. The molecule has 1 atom stereocenters. The van der Waals surface area contributed by atoms with E-state index >= 15 is 0 Å². The monoisotopic (exact) mass is 428 g/mol. The van der Waals surface area contributed by atoms with Crippen LogP contribution in [0.15, 0.2) is 96.6 Å². The molecule has 0 aliphatic heterocycles. The van der Waals surface area contributed by atoms with E-state index in [9.17, 15) is 5.11 Å². The van der Waals surface area contributed by atoms with Crippen LogP contribution in [-0.4, -0.2) is 24.4 Å². The van der Waals surface area contributed by atoms with Gasteiger partial charge in [-0.2, -0.15) is 0 Å². The van der Waals surface area contributed by atoms with Crippen LogP contribution < -0.4 is 0 Å². The van der Waals surface area contributed by atoms with Gasteiger partial charge >= 0.3 is 0 Å². The second-order valence-corrected chi connectivity index (χ2v) is 8.87. The molecule has 1 N–H and O–H groups in total. The summed E-state index contributed by atoms with van der Waals surface area (Å²) in [6, 6.07) is 30.8. The number of aliphatic hydroxyl groups is 1. The number of aliphatic hydroxyl groups excluding tert-OH is 1. The molecule has 4 rings (SSSR count). The summed E-state index contributed by atoms with van der Waals surface area (Å²) in [6.45, 7) is 4.35. The summed E-state index contributed by atoms with van der Waals surface area (Å²) in [7, 11) is 0. The molecule has 166 valence electrons. The van der Waals surface area contributed by atoms with Gasteiger partial charge in [-0.05, 0) is 47.6 Å². The van der Waals surface area contributed by atoms with Crippen LogP contribution in [0.25, 0.3) is 5.57 Å². The highest BCUT2D eigenvalue weighted by atomic mass is 16.5. The quantitative estimate of drug-likeness (QED) is 0.452. The van der Waals surface area contributed by atoms with Crippen molar-refractivity contribution in [1.82, 2.24) is 0 Å². The van der Waals surface area contributed by atoms with Crippen LogP contribution in [0, 0.1) is 5.41 Å². The Hall–Kier alpha value is -2.72. The first-order valence-electron chi connectivity index (χ1n) is 11.3. The Morgan fingerprint density at radius 3 is 1.75 bits per heavy atom. The van der Waals surface area contributed by atoms with Crippen LogP contribution in [0.5, 0.6) is 0 Å². The average molecular weight is 429 g/mol. The highest BCUT2D eigenvalue weighted by Crippen LogP contribution is 2.45. The lowest BCUT2D eigenvalue weighted by molar-refractivity contribution is -0.0349. The maximum atomic E-state index is 11.0. The first-order chi connectivity index (χ1) is 15.7. The molecule has 3 nitrogen and oxygen atoms in total. The Morgan fingerprint density at radius 1 is 0.781 bits per heavy atom. The van der Waals surface area contributed by atoms with Gasteiger partial charge in [0.15, 0.2) is 0 Å². The van der Waals surface area contributed by atoms with Crippen molar-refractivity contribution >= 4 is 5.57 Å². The van der Waals surface area contributed by atoms with Gasteiger partial charge < -0.3 is 14.6 Å². The summed E-state index contributed by atoms with van der Waals surface area (Å²) in [5.74, 6) is 0. The van der Waals surface area contributed by atoms with Crippen molar-refractivity contribution in [2.45, 2.75) is 39.1 Å². The van der Waals surface area contributed by atoms with E-state index in [-0.39, 0.29) is 5.41 Å². The highest BCUT2D eigenvalue weighted by Gasteiger charge is 2.43. The lowest BCUT2D eigenvalue weighted by Crippen LogP contribution is -2.30. The van der Waals surface area contributed by atoms with Crippen molar-refractivity contribution < 1.29 is 14.6 Å². The van der Waals surface area contributed by atoms with Crippen LogP contribution in [0.2, 0.25) is 0 Å². The minimum atomic E-state index is -0.476. The molecular weight excluding hydrogens is 396 g/mol. The predicted molar refractivity (Wildman–Crippen MR) is 129 cm³/mol. The Bertz CT molecular complexity index is 951. The van der Waals surface area contributed by atoms with E-state index in [4.69, 9.17) is 9.47 Å². The first kappa shape index (κ1) is 22.5. The molecule has 3 heteroatoms. The second kappa shape index (κ2) is 10.7. The van der Waals surface area contributed by atoms with E-state index in [2.05, 4.69) is 43.3 Å². The summed E-state index contributed by atoms with van der Waals surface area (Å²) >= 11 is 0. The number of ether oxygens (including phenoxy) is 2. The lowest BCUT2D eigenvalue weighted by Gasteiger charge is -2.28. The van der Waals surface area contributed by atoms with E-state index in [1.165, 1.54) is 0 Å². The summed E-state index contributed by atoms with van der Waals surface area (Å²) in [4.78, 5) is 0. The number of hydrogen-bond acceptors (Lipinski definition) is 3. The van der Waals surface area contributed by atoms with Gasteiger partial charge in [0.25, 0.3) is 0 Å². The molecule has 0 spiro atoms. The summed E-state index contributed by atoms with van der Waals surface area (Å²) in [5.41, 5.74) is 5.49. The second-order valence-electron chi connectivity index (χ2n) is 8.87. The van der Waals surface area contributed by atoms with Gasteiger partial charge in [0.2, 0.25) is 0 Å². The maximum Gasteiger partial charge on any atom is 0.0763 e. The fraction of sp³-hybridized carbons (Fsp3) is 0.310. The molecular formula is C29H32O3. The van der Waals surface area contributed by atoms with Crippen LogP contribution in [0.1, 0.15) is 36.5 Å². The Kier molecular flexibility index (Phi) is 7.54. The smallest absolute Gasteiger partial charge is 0.0763 e. The average Bonchev–Trinajstić information content (AvgIpc) is 3.16. The molecule has 0 radical (unpaired) electrons. The van der Waals surface area contributed by atoms with Gasteiger partial charge in [-0.1, -0.05) is 91.0 Å². The fourth-order valence-electron chi connectivity index (χ4n) is 4.56. The summed E-state index contributed by atoms with van der Waals surface area (Å²) < 4.78 is 12.4. The number of rotatable bonds is 9. The number of hydrogen-bond donors (Lipinski definition) is 1. The molecule has 1 unspecified atom stereocenters. The van der Waals surface area contributed by atoms with Gasteiger partial charge in [-0.3, -0.25) is 0 Å². The zero-order valence-corrected chi connectivity index (χ0v) is 18.7. The topological polar surface area (TPSA) is 38.7 Å². The van der Waals surface area contributed by atoms with Crippen LogP contribution >= 0.6 is 0 Å². The first-order valence-corrected chi connectivity index (χ1v) is 11.3. The van der Waals surface area contributed by atoms with Gasteiger partial charge in [0, 0.05) is 5.41 Å². The third-order valence-corrected chi connectivity index (χ3v) is 6.32. The third kappa shape index (κ3) is 5.74. The standard InChI is InChI=1S/C29H32O3/c1-23(26-15-9-4-10-16-26)27-17-29(18-28(27)30,21-31-19-24-11-5-2-6-12-24)22-32-20-25-13-7-3-8-14-25/h2-16,28,30H,17-22H2,1H3/b27-23-. The van der Waals surface area contributed by atoms with Gasteiger partial charge in [-0.15, -0.1) is 0 Å². The molecule has 0 saturated heterocycles. The summed E-state index contributed by atoms with van der Waals surface area (Å²) in [5, 5.41) is 11.0. The molecule has 3 aromatic rings. The maximum absolute atomic E-state index is 11.0. The van der Waals surface area contributed by atoms with Crippen molar-refractivity contribution in [1.29, 1.82) is 0 Å². The van der Waals surface area contributed by atoms with Crippen molar-refractivity contribution in [3.8, 4) is 0 Å². The third-order valence-electron chi connectivity index (χ3n) is 6.32. The Labute approximate surface area is 191 Å². The normalized spacial score (nSPS) is 19.1. The van der Waals surface area contributed by atoms with E-state index < -0.39 is 6.10 Å². The molecule has 32 heavy (non-hydrogen) atoms. The molecule has 3 aromatic carbocycles. The van der Waals surface area contributed by atoms with Gasteiger partial charge in [0.1, 0.15) is 0 Å². The zero-order valence-electron chi connectivity index (χ0n) is 18.7. The van der Waals surface area contributed by atoms with Crippen LogP contribution in [0.4, 0.5) is 0 Å². The van der Waals surface area contributed by atoms with Crippen LogP contribution in [0.3, 0.4) is 0 Å². The minimum absolute atomic E-state index is 0.242. The molecule has 1 aliphatic rings. The minimum Gasteiger partial charge on any atom is -0.389 e. The van der Waals surface area contributed by atoms with E-state index in [1.807, 2.05) is 54.6 Å². The van der Waals surface area contributed by atoms with E-state index in [1.54, 1.807) is 0 Å². The SMILES string of the molecule is C/C(=C1\CC(COCc2ccccc2)(COCc2ccccc2)CC1O)c1ccccc1. The number of allylic oxidation sites excluding steroid dienone is 1. The molecule has 0 heterocycles. The predicted octanol–water partition coefficient (Wildman–Crippen LogP) is 6.03. The fourth-order valence-corrected chi connectivity index (χ4v) is 4.56.